The molecule has 4 rings (SSSR count). The molecule has 0 saturated carbocycles. The van der Waals surface area contributed by atoms with Crippen LogP contribution in [-0.4, -0.2) is 23.3 Å². The van der Waals surface area contributed by atoms with Crippen molar-refractivity contribution in [2.24, 2.45) is 0 Å². The second-order valence-electron chi connectivity index (χ2n) is 6.69. The Bertz CT molecular complexity index is 1130. The van der Waals surface area contributed by atoms with E-state index in [2.05, 4.69) is 5.32 Å². The molecule has 0 aromatic heterocycles. The summed E-state index contributed by atoms with van der Waals surface area (Å²) in [7, 11) is 0. The van der Waals surface area contributed by atoms with Crippen LogP contribution >= 0.6 is 0 Å². The fraction of sp³-hybridized carbons (Fsp3) is 0.0909. The van der Waals surface area contributed by atoms with Gasteiger partial charge in [-0.15, -0.1) is 0 Å². The number of fused-ring (bicyclic) bond motifs is 1. The Hall–Kier alpha value is -4.20. The van der Waals surface area contributed by atoms with Crippen LogP contribution in [0.25, 0.3) is 0 Å². The van der Waals surface area contributed by atoms with E-state index in [1.54, 1.807) is 35.2 Å². The lowest BCUT2D eigenvalue weighted by atomic mass is 10.1. The molecule has 150 valence electrons. The van der Waals surface area contributed by atoms with E-state index in [-0.39, 0.29) is 24.1 Å². The highest BCUT2D eigenvalue weighted by Crippen LogP contribution is 2.32. The molecule has 3 aromatic rings. The number of hydrogen-bond acceptors (Lipinski definition) is 5. The maximum atomic E-state index is 12.5. The second kappa shape index (κ2) is 8.04. The van der Waals surface area contributed by atoms with Crippen molar-refractivity contribution in [3.63, 3.8) is 0 Å². The monoisotopic (exact) mass is 403 g/mol. The lowest BCUT2D eigenvalue weighted by Gasteiger charge is -2.29. The molecule has 8 nitrogen and oxygen atoms in total. The van der Waals surface area contributed by atoms with Gasteiger partial charge in [0.05, 0.1) is 17.2 Å². The van der Waals surface area contributed by atoms with Crippen LogP contribution in [0.1, 0.15) is 15.9 Å². The molecule has 1 aliphatic heterocycles. The SMILES string of the molecule is O=C(Nc1cccc([N+](=O)[O-])c1)c1ccc(CN2C(=O)COc3ccccc32)cc1. The zero-order valence-electron chi connectivity index (χ0n) is 15.8. The van der Waals surface area contributed by atoms with Crippen LogP contribution in [0, 0.1) is 10.1 Å². The Kier molecular flexibility index (Phi) is 5.13. The van der Waals surface area contributed by atoms with Gasteiger partial charge in [-0.25, -0.2) is 0 Å². The molecule has 3 aromatic carbocycles. The van der Waals surface area contributed by atoms with Crippen LogP contribution in [0.15, 0.2) is 72.8 Å². The molecule has 0 fully saturated rings. The minimum absolute atomic E-state index is 0.0132. The molecule has 1 aliphatic rings. The van der Waals surface area contributed by atoms with Crippen molar-refractivity contribution >= 4 is 28.9 Å². The third-order valence-electron chi connectivity index (χ3n) is 4.68. The number of ether oxygens (including phenoxy) is 1. The standard InChI is InChI=1S/C22H17N3O5/c26-21-14-30-20-7-2-1-6-19(20)24(21)13-15-8-10-16(11-9-15)22(27)23-17-4-3-5-18(12-17)25(28)29/h1-12H,13-14H2,(H,23,27). The van der Waals surface area contributed by atoms with Gasteiger partial charge in [0.25, 0.3) is 17.5 Å². The zero-order chi connectivity index (χ0) is 21.1. The molecule has 0 unspecified atom stereocenters. The molecular weight excluding hydrogens is 386 g/mol. The van der Waals surface area contributed by atoms with Crippen LogP contribution in [0.3, 0.4) is 0 Å². The quantitative estimate of drug-likeness (QED) is 0.516. The van der Waals surface area contributed by atoms with Gasteiger partial charge in [-0.3, -0.25) is 19.7 Å². The first-order chi connectivity index (χ1) is 14.5. The van der Waals surface area contributed by atoms with Gasteiger partial charge in [-0.2, -0.15) is 0 Å². The number of nitrogens with zero attached hydrogens (tertiary/aromatic N) is 2. The van der Waals surface area contributed by atoms with Gasteiger partial charge in [0, 0.05) is 23.4 Å². The number of nitrogens with one attached hydrogen (secondary N) is 1. The van der Waals surface area contributed by atoms with Crippen molar-refractivity contribution in [3.05, 3.63) is 94.0 Å². The van der Waals surface area contributed by atoms with Gasteiger partial charge in [0.15, 0.2) is 6.61 Å². The van der Waals surface area contributed by atoms with Crippen molar-refractivity contribution < 1.29 is 19.2 Å². The van der Waals surface area contributed by atoms with E-state index in [1.165, 1.54) is 18.2 Å². The number of nitro groups is 1. The predicted octanol–water partition coefficient (Wildman–Crippen LogP) is 3.77. The van der Waals surface area contributed by atoms with Crippen molar-refractivity contribution in [2.45, 2.75) is 6.54 Å². The molecule has 0 radical (unpaired) electrons. The van der Waals surface area contributed by atoms with Crippen LogP contribution in [0.4, 0.5) is 17.1 Å². The largest absolute Gasteiger partial charge is 0.482 e. The van der Waals surface area contributed by atoms with E-state index in [1.807, 2.05) is 24.3 Å². The highest BCUT2D eigenvalue weighted by atomic mass is 16.6. The molecule has 0 saturated heterocycles. The summed E-state index contributed by atoms with van der Waals surface area (Å²) in [5.74, 6) is 0.140. The minimum atomic E-state index is -0.518. The summed E-state index contributed by atoms with van der Waals surface area (Å²) in [4.78, 5) is 36.8. The molecule has 8 heteroatoms. The van der Waals surface area contributed by atoms with Crippen molar-refractivity contribution in [1.82, 2.24) is 0 Å². The van der Waals surface area contributed by atoms with Gasteiger partial charge < -0.3 is 15.0 Å². The van der Waals surface area contributed by atoms with Gasteiger partial charge in [-0.05, 0) is 35.9 Å². The van der Waals surface area contributed by atoms with E-state index in [9.17, 15) is 19.7 Å². The van der Waals surface area contributed by atoms with Crippen molar-refractivity contribution in [2.75, 3.05) is 16.8 Å². The maximum absolute atomic E-state index is 12.5. The van der Waals surface area contributed by atoms with Crippen molar-refractivity contribution in [3.8, 4) is 5.75 Å². The Morgan fingerprint density at radius 1 is 1.07 bits per heavy atom. The van der Waals surface area contributed by atoms with Crippen LogP contribution in [-0.2, 0) is 11.3 Å². The number of anilines is 2. The summed E-state index contributed by atoms with van der Waals surface area (Å²) >= 11 is 0. The van der Waals surface area contributed by atoms with Gasteiger partial charge in [0.2, 0.25) is 0 Å². The van der Waals surface area contributed by atoms with Gasteiger partial charge >= 0.3 is 0 Å². The van der Waals surface area contributed by atoms with E-state index in [0.29, 0.717) is 29.2 Å². The van der Waals surface area contributed by atoms with E-state index in [4.69, 9.17) is 4.74 Å². The number of rotatable bonds is 5. The average molecular weight is 403 g/mol. The third kappa shape index (κ3) is 3.97. The molecular formula is C22H17N3O5. The summed E-state index contributed by atoms with van der Waals surface area (Å²) in [5.41, 5.74) is 2.21. The molecule has 1 heterocycles. The number of nitro benzene ring substituents is 1. The van der Waals surface area contributed by atoms with Crippen molar-refractivity contribution in [1.29, 1.82) is 0 Å². The molecule has 0 spiro atoms. The summed E-state index contributed by atoms with van der Waals surface area (Å²) in [6, 6.07) is 19.9. The lowest BCUT2D eigenvalue weighted by Crippen LogP contribution is -2.38. The highest BCUT2D eigenvalue weighted by molar-refractivity contribution is 6.04. The number of carbonyl (C=O) groups excluding carboxylic acids is 2. The fourth-order valence-electron chi connectivity index (χ4n) is 3.17. The third-order valence-corrected chi connectivity index (χ3v) is 4.68. The van der Waals surface area contributed by atoms with Crippen LogP contribution in [0.5, 0.6) is 5.75 Å². The topological polar surface area (TPSA) is 102 Å². The normalized spacial score (nSPS) is 12.7. The number of amides is 2. The Labute approximate surface area is 171 Å². The number of non-ortho nitro benzene ring substituents is 1. The highest BCUT2D eigenvalue weighted by Gasteiger charge is 2.25. The summed E-state index contributed by atoms with van der Waals surface area (Å²) in [5, 5.41) is 13.5. The maximum Gasteiger partial charge on any atom is 0.271 e. The van der Waals surface area contributed by atoms with Crippen LogP contribution < -0.4 is 15.0 Å². The van der Waals surface area contributed by atoms with Crippen LogP contribution in [0.2, 0.25) is 0 Å². The Morgan fingerprint density at radius 2 is 1.83 bits per heavy atom. The average Bonchev–Trinajstić information content (AvgIpc) is 2.76. The Balaban J connectivity index is 1.47. The number of carbonyl (C=O) groups is 2. The molecule has 0 aliphatic carbocycles. The summed E-state index contributed by atoms with van der Waals surface area (Å²) < 4.78 is 5.45. The van der Waals surface area contributed by atoms with E-state index in [0.717, 1.165) is 5.56 Å². The fourth-order valence-corrected chi connectivity index (χ4v) is 3.17. The first-order valence-electron chi connectivity index (χ1n) is 9.18. The number of para-hydroxylation sites is 2. The van der Waals surface area contributed by atoms with E-state index < -0.39 is 4.92 Å². The molecule has 2 amide bonds. The van der Waals surface area contributed by atoms with Gasteiger partial charge in [-0.1, -0.05) is 30.3 Å². The Morgan fingerprint density at radius 3 is 2.60 bits per heavy atom. The summed E-state index contributed by atoms with van der Waals surface area (Å²) in [6.45, 7) is 0.340. The molecule has 30 heavy (non-hydrogen) atoms. The second-order valence-corrected chi connectivity index (χ2v) is 6.69. The molecule has 1 N–H and O–H groups in total. The first kappa shape index (κ1) is 19.1. The summed E-state index contributed by atoms with van der Waals surface area (Å²) in [6.07, 6.45) is 0. The number of benzene rings is 3. The smallest absolute Gasteiger partial charge is 0.271 e. The van der Waals surface area contributed by atoms with Gasteiger partial charge in [0.1, 0.15) is 5.75 Å². The molecule has 0 bridgehead atoms. The predicted molar refractivity (Wildman–Crippen MR) is 111 cm³/mol. The van der Waals surface area contributed by atoms with E-state index >= 15 is 0 Å². The minimum Gasteiger partial charge on any atom is -0.482 e. The lowest BCUT2D eigenvalue weighted by molar-refractivity contribution is -0.384. The zero-order valence-corrected chi connectivity index (χ0v) is 15.8. The molecule has 0 atom stereocenters. The number of hydrogen-bond donors (Lipinski definition) is 1. The first-order valence-corrected chi connectivity index (χ1v) is 9.18.